The van der Waals surface area contributed by atoms with Crippen LogP contribution in [-0.4, -0.2) is 23.0 Å². The molecule has 1 amide bonds. The molecule has 0 aliphatic carbocycles. The average molecular weight is 245 g/mol. The number of aromatic nitrogens is 1. The Kier molecular flexibility index (Phi) is 4.80. The molecule has 1 aromatic heterocycles. The molecule has 0 aromatic carbocycles. The number of nitrogens with zero attached hydrogens (tertiary/aromatic N) is 1. The largest absolute Gasteiger partial charge is 0.351 e. The smallest absolute Gasteiger partial charge is 0.290 e. The van der Waals surface area contributed by atoms with Gasteiger partial charge in [-0.15, -0.1) is 11.6 Å². The predicted octanol–water partition coefficient (Wildman–Crippen LogP) is 2.37. The van der Waals surface area contributed by atoms with Crippen LogP contribution in [0.5, 0.6) is 0 Å². The van der Waals surface area contributed by atoms with Crippen molar-refractivity contribution in [3.05, 3.63) is 17.5 Å². The average Bonchev–Trinajstić information content (AvgIpc) is 2.63. The lowest BCUT2D eigenvalue weighted by Gasteiger charge is -2.16. The van der Waals surface area contributed by atoms with E-state index in [-0.39, 0.29) is 17.7 Å². The summed E-state index contributed by atoms with van der Waals surface area (Å²) >= 11 is 5.79. The van der Waals surface area contributed by atoms with Crippen molar-refractivity contribution >= 4 is 17.5 Å². The molecule has 1 rings (SSSR count). The fourth-order valence-corrected chi connectivity index (χ4v) is 1.66. The van der Waals surface area contributed by atoms with Gasteiger partial charge in [0, 0.05) is 18.0 Å². The van der Waals surface area contributed by atoms with Gasteiger partial charge in [-0.05, 0) is 19.3 Å². The first-order valence-corrected chi connectivity index (χ1v) is 5.86. The number of rotatable bonds is 5. The van der Waals surface area contributed by atoms with Crippen LogP contribution in [0.25, 0.3) is 0 Å². The maximum absolute atomic E-state index is 11.7. The summed E-state index contributed by atoms with van der Waals surface area (Å²) in [5.41, 5.74) is 0.691. The topological polar surface area (TPSA) is 55.1 Å². The molecule has 0 saturated heterocycles. The van der Waals surface area contributed by atoms with E-state index in [1.165, 1.54) is 0 Å². The van der Waals surface area contributed by atoms with Crippen LogP contribution >= 0.6 is 11.6 Å². The molecule has 5 heteroatoms. The summed E-state index contributed by atoms with van der Waals surface area (Å²) in [6.45, 7) is 5.95. The third-order valence-electron chi connectivity index (χ3n) is 2.13. The van der Waals surface area contributed by atoms with Crippen LogP contribution in [-0.2, 0) is 0 Å². The van der Waals surface area contributed by atoms with E-state index in [2.05, 4.69) is 24.3 Å². The van der Waals surface area contributed by atoms with Crippen molar-refractivity contribution < 1.29 is 9.32 Å². The van der Waals surface area contributed by atoms with E-state index >= 15 is 0 Å². The lowest BCUT2D eigenvalue weighted by Crippen LogP contribution is -2.36. The van der Waals surface area contributed by atoms with Crippen molar-refractivity contribution in [3.8, 4) is 0 Å². The zero-order valence-electron chi connectivity index (χ0n) is 9.79. The molecule has 0 saturated carbocycles. The Morgan fingerprint density at radius 2 is 2.31 bits per heavy atom. The molecule has 0 fully saturated rings. The van der Waals surface area contributed by atoms with Gasteiger partial charge in [0.05, 0.1) is 5.69 Å². The number of nitrogens with one attached hydrogen (secondary N) is 1. The molecule has 0 spiro atoms. The number of carbonyl (C=O) groups is 1. The quantitative estimate of drug-likeness (QED) is 0.809. The predicted molar refractivity (Wildman–Crippen MR) is 62.7 cm³/mol. The molecule has 16 heavy (non-hydrogen) atoms. The molecule has 90 valence electrons. The lowest BCUT2D eigenvalue weighted by atomic mass is 10.1. The molecule has 0 aliphatic rings. The minimum absolute atomic E-state index is 0.0282. The van der Waals surface area contributed by atoms with Crippen molar-refractivity contribution in [1.29, 1.82) is 0 Å². The van der Waals surface area contributed by atoms with Crippen LogP contribution < -0.4 is 5.32 Å². The SMILES string of the molecule is Cc1cc(C(=O)NC(CCl)CC(C)C)on1. The van der Waals surface area contributed by atoms with Gasteiger partial charge < -0.3 is 9.84 Å². The summed E-state index contributed by atoms with van der Waals surface area (Å²) in [5, 5.41) is 6.49. The first-order chi connectivity index (χ1) is 7.52. The Hall–Kier alpha value is -1.03. The summed E-state index contributed by atoms with van der Waals surface area (Å²) < 4.78 is 4.87. The second-order valence-corrected chi connectivity index (χ2v) is 4.60. The highest BCUT2D eigenvalue weighted by molar-refractivity contribution is 6.18. The van der Waals surface area contributed by atoms with Crippen molar-refractivity contribution in [2.24, 2.45) is 5.92 Å². The molecular weight excluding hydrogens is 228 g/mol. The second kappa shape index (κ2) is 5.89. The molecule has 4 nitrogen and oxygen atoms in total. The third kappa shape index (κ3) is 3.85. The first kappa shape index (κ1) is 13.0. The highest BCUT2D eigenvalue weighted by Crippen LogP contribution is 2.08. The van der Waals surface area contributed by atoms with Crippen LogP contribution in [0.4, 0.5) is 0 Å². The maximum atomic E-state index is 11.7. The highest BCUT2D eigenvalue weighted by atomic mass is 35.5. The van der Waals surface area contributed by atoms with Gasteiger partial charge in [0.25, 0.3) is 5.91 Å². The number of halogens is 1. The Balaban J connectivity index is 2.55. The summed E-state index contributed by atoms with van der Waals surface area (Å²) in [6, 6.07) is 1.58. The monoisotopic (exact) mass is 244 g/mol. The number of aryl methyl sites for hydroxylation is 1. The molecule has 1 N–H and O–H groups in total. The maximum Gasteiger partial charge on any atom is 0.290 e. The number of alkyl halides is 1. The van der Waals surface area contributed by atoms with Crippen LogP contribution in [0.2, 0.25) is 0 Å². The summed E-state index contributed by atoms with van der Waals surface area (Å²) in [7, 11) is 0. The molecular formula is C11H17ClN2O2. The third-order valence-corrected chi connectivity index (χ3v) is 2.50. The number of hydrogen-bond acceptors (Lipinski definition) is 3. The minimum atomic E-state index is -0.257. The number of hydrogen-bond donors (Lipinski definition) is 1. The van der Waals surface area contributed by atoms with Crippen molar-refractivity contribution in [2.45, 2.75) is 33.2 Å². The molecule has 0 aliphatic heterocycles. The lowest BCUT2D eigenvalue weighted by molar-refractivity contribution is 0.0899. The minimum Gasteiger partial charge on any atom is -0.351 e. The van der Waals surface area contributed by atoms with Crippen LogP contribution in [0.1, 0.15) is 36.5 Å². The Bertz CT molecular complexity index is 350. The van der Waals surface area contributed by atoms with Gasteiger partial charge in [0.1, 0.15) is 0 Å². The zero-order chi connectivity index (χ0) is 12.1. The van der Waals surface area contributed by atoms with E-state index in [1.807, 2.05) is 0 Å². The fraction of sp³-hybridized carbons (Fsp3) is 0.636. The van der Waals surface area contributed by atoms with Gasteiger partial charge in [-0.25, -0.2) is 0 Å². The summed E-state index contributed by atoms with van der Waals surface area (Å²) in [6.07, 6.45) is 0.850. The summed E-state index contributed by atoms with van der Waals surface area (Å²) in [4.78, 5) is 11.7. The van der Waals surface area contributed by atoms with Crippen molar-refractivity contribution in [3.63, 3.8) is 0 Å². The zero-order valence-corrected chi connectivity index (χ0v) is 10.5. The van der Waals surface area contributed by atoms with Gasteiger partial charge in [-0.1, -0.05) is 19.0 Å². The van der Waals surface area contributed by atoms with E-state index in [0.717, 1.165) is 6.42 Å². The van der Waals surface area contributed by atoms with Gasteiger partial charge in [0.2, 0.25) is 5.76 Å². The van der Waals surface area contributed by atoms with Gasteiger partial charge >= 0.3 is 0 Å². The summed E-state index contributed by atoms with van der Waals surface area (Å²) in [5.74, 6) is 0.862. The molecule has 1 atom stereocenters. The van der Waals surface area contributed by atoms with E-state index in [0.29, 0.717) is 17.5 Å². The highest BCUT2D eigenvalue weighted by Gasteiger charge is 2.17. The van der Waals surface area contributed by atoms with Gasteiger partial charge in [-0.2, -0.15) is 0 Å². The van der Waals surface area contributed by atoms with Crippen molar-refractivity contribution in [2.75, 3.05) is 5.88 Å². The van der Waals surface area contributed by atoms with Crippen LogP contribution in [0.3, 0.4) is 0 Å². The second-order valence-electron chi connectivity index (χ2n) is 4.29. The van der Waals surface area contributed by atoms with Gasteiger partial charge in [-0.3, -0.25) is 4.79 Å². The van der Waals surface area contributed by atoms with E-state index in [9.17, 15) is 4.79 Å². The first-order valence-electron chi connectivity index (χ1n) is 5.33. The molecule has 1 aromatic rings. The van der Waals surface area contributed by atoms with Crippen LogP contribution in [0, 0.1) is 12.8 Å². The fourth-order valence-electron chi connectivity index (χ4n) is 1.46. The molecule has 1 unspecified atom stereocenters. The number of amides is 1. The Labute approximate surface area is 100 Å². The van der Waals surface area contributed by atoms with Gasteiger partial charge in [0.15, 0.2) is 0 Å². The van der Waals surface area contributed by atoms with E-state index in [1.54, 1.807) is 13.0 Å². The number of carbonyl (C=O) groups excluding carboxylic acids is 1. The normalized spacial score (nSPS) is 12.8. The molecule has 0 bridgehead atoms. The Morgan fingerprint density at radius 1 is 1.62 bits per heavy atom. The van der Waals surface area contributed by atoms with E-state index < -0.39 is 0 Å². The standard InChI is InChI=1S/C11H17ClN2O2/c1-7(2)4-9(6-12)13-11(15)10-5-8(3)14-16-10/h5,7,9H,4,6H2,1-3H3,(H,13,15). The molecule has 0 radical (unpaired) electrons. The van der Waals surface area contributed by atoms with Crippen molar-refractivity contribution in [1.82, 2.24) is 10.5 Å². The van der Waals surface area contributed by atoms with E-state index in [4.69, 9.17) is 16.1 Å². The Morgan fingerprint density at radius 3 is 2.75 bits per heavy atom. The van der Waals surface area contributed by atoms with Crippen LogP contribution in [0.15, 0.2) is 10.6 Å². The molecule has 1 heterocycles.